The van der Waals surface area contributed by atoms with Crippen LogP contribution < -0.4 is 19.7 Å². The van der Waals surface area contributed by atoms with Gasteiger partial charge in [-0.25, -0.2) is 4.90 Å². The average molecular weight is 463 g/mol. The van der Waals surface area contributed by atoms with Gasteiger partial charge in [-0.2, -0.15) is 0 Å². The summed E-state index contributed by atoms with van der Waals surface area (Å²) in [6.07, 6.45) is 0. The molecule has 3 aromatic carbocycles. The van der Waals surface area contributed by atoms with Crippen molar-refractivity contribution in [3.63, 3.8) is 0 Å². The summed E-state index contributed by atoms with van der Waals surface area (Å²) >= 11 is 6.04. The second kappa shape index (κ2) is 9.79. The molecule has 0 saturated heterocycles. The van der Waals surface area contributed by atoms with Crippen molar-refractivity contribution >= 4 is 40.4 Å². The molecular formula is C26H23ClN2O4. The Balaban J connectivity index is 1.74. The molecule has 0 radical (unpaired) electrons. The standard InChI is InChI=1S/C26H23ClN2O4/c1-3-32-21-14-12-19(13-15-21)28-24-23(17-8-10-18(27)11-9-17)25(30)29(26(24)31)20-6-5-7-22(16-20)33-4-2/h5-16,28H,3-4H2,1-2H3. The molecule has 0 bridgehead atoms. The Morgan fingerprint density at radius 3 is 2.15 bits per heavy atom. The number of anilines is 2. The van der Waals surface area contributed by atoms with Gasteiger partial charge in [0.1, 0.15) is 17.2 Å². The van der Waals surface area contributed by atoms with Gasteiger partial charge in [0.25, 0.3) is 11.8 Å². The molecule has 2 amide bonds. The predicted octanol–water partition coefficient (Wildman–Crippen LogP) is 5.53. The van der Waals surface area contributed by atoms with E-state index in [4.69, 9.17) is 21.1 Å². The smallest absolute Gasteiger partial charge is 0.282 e. The maximum absolute atomic E-state index is 13.5. The van der Waals surface area contributed by atoms with Gasteiger partial charge in [-0.1, -0.05) is 29.8 Å². The lowest BCUT2D eigenvalue weighted by atomic mass is 10.0. The average Bonchev–Trinajstić information content (AvgIpc) is 3.05. The zero-order valence-electron chi connectivity index (χ0n) is 18.3. The molecule has 1 heterocycles. The molecule has 4 rings (SSSR count). The van der Waals surface area contributed by atoms with Crippen molar-refractivity contribution in [2.24, 2.45) is 0 Å². The number of carbonyl (C=O) groups is 2. The number of hydrogen-bond acceptors (Lipinski definition) is 5. The van der Waals surface area contributed by atoms with Crippen molar-refractivity contribution in [3.05, 3.63) is 89.1 Å². The molecule has 0 aliphatic carbocycles. The highest BCUT2D eigenvalue weighted by molar-refractivity contribution is 6.46. The summed E-state index contributed by atoms with van der Waals surface area (Å²) in [6, 6.07) is 21.0. The van der Waals surface area contributed by atoms with Crippen molar-refractivity contribution in [2.45, 2.75) is 13.8 Å². The highest BCUT2D eigenvalue weighted by Crippen LogP contribution is 2.35. The molecule has 33 heavy (non-hydrogen) atoms. The number of nitrogens with zero attached hydrogens (tertiary/aromatic N) is 1. The third-order valence-corrected chi connectivity index (χ3v) is 5.29. The Morgan fingerprint density at radius 2 is 1.48 bits per heavy atom. The van der Waals surface area contributed by atoms with Crippen LogP contribution in [0.2, 0.25) is 5.02 Å². The van der Waals surface area contributed by atoms with Gasteiger partial charge < -0.3 is 14.8 Å². The van der Waals surface area contributed by atoms with Gasteiger partial charge in [-0.05, 0) is 67.9 Å². The Labute approximate surface area is 197 Å². The van der Waals surface area contributed by atoms with Crippen molar-refractivity contribution in [3.8, 4) is 11.5 Å². The van der Waals surface area contributed by atoms with Crippen molar-refractivity contribution in [1.82, 2.24) is 0 Å². The molecule has 0 aromatic heterocycles. The van der Waals surface area contributed by atoms with E-state index in [9.17, 15) is 9.59 Å². The predicted molar refractivity (Wildman–Crippen MR) is 130 cm³/mol. The molecule has 1 N–H and O–H groups in total. The maximum atomic E-state index is 13.5. The minimum atomic E-state index is -0.451. The van der Waals surface area contributed by atoms with Crippen LogP contribution in [-0.4, -0.2) is 25.0 Å². The molecule has 1 aliphatic rings. The third kappa shape index (κ3) is 4.71. The van der Waals surface area contributed by atoms with Crippen molar-refractivity contribution in [2.75, 3.05) is 23.4 Å². The minimum Gasteiger partial charge on any atom is -0.494 e. The molecule has 0 spiro atoms. The lowest BCUT2D eigenvalue weighted by Gasteiger charge is -2.16. The van der Waals surface area contributed by atoms with Crippen LogP contribution in [0.5, 0.6) is 11.5 Å². The SMILES string of the molecule is CCOc1ccc(NC2=C(c3ccc(Cl)cc3)C(=O)N(c3cccc(OCC)c3)C2=O)cc1. The second-order valence-corrected chi connectivity index (χ2v) is 7.65. The zero-order chi connectivity index (χ0) is 23.4. The van der Waals surface area contributed by atoms with E-state index in [1.165, 1.54) is 0 Å². The van der Waals surface area contributed by atoms with Gasteiger partial charge in [0.15, 0.2) is 0 Å². The van der Waals surface area contributed by atoms with Gasteiger partial charge in [0, 0.05) is 16.8 Å². The topological polar surface area (TPSA) is 67.9 Å². The first kappa shape index (κ1) is 22.4. The van der Waals surface area contributed by atoms with Crippen LogP contribution in [0.15, 0.2) is 78.5 Å². The highest BCUT2D eigenvalue weighted by atomic mass is 35.5. The summed E-state index contributed by atoms with van der Waals surface area (Å²) in [4.78, 5) is 28.2. The molecule has 0 fully saturated rings. The quantitative estimate of drug-likeness (QED) is 0.445. The van der Waals surface area contributed by atoms with E-state index in [1.807, 2.05) is 13.8 Å². The zero-order valence-corrected chi connectivity index (χ0v) is 19.1. The van der Waals surface area contributed by atoms with Gasteiger partial charge >= 0.3 is 0 Å². The summed E-state index contributed by atoms with van der Waals surface area (Å²) < 4.78 is 11.0. The second-order valence-electron chi connectivity index (χ2n) is 7.22. The normalized spacial score (nSPS) is 13.5. The fraction of sp³-hybridized carbons (Fsp3) is 0.154. The largest absolute Gasteiger partial charge is 0.494 e. The molecule has 0 saturated carbocycles. The number of rotatable bonds is 8. The third-order valence-electron chi connectivity index (χ3n) is 5.04. The van der Waals surface area contributed by atoms with Gasteiger partial charge in [-0.15, -0.1) is 0 Å². The van der Waals surface area contributed by atoms with Crippen molar-refractivity contribution < 1.29 is 19.1 Å². The number of imide groups is 1. The number of nitrogens with one attached hydrogen (secondary N) is 1. The number of halogens is 1. The fourth-order valence-corrected chi connectivity index (χ4v) is 3.72. The van der Waals surface area contributed by atoms with E-state index in [1.54, 1.807) is 72.8 Å². The number of carbonyl (C=O) groups excluding carboxylic acids is 2. The fourth-order valence-electron chi connectivity index (χ4n) is 3.59. The molecule has 6 nitrogen and oxygen atoms in total. The Kier molecular flexibility index (Phi) is 6.66. The molecular weight excluding hydrogens is 440 g/mol. The van der Waals surface area contributed by atoms with E-state index in [0.29, 0.717) is 40.9 Å². The van der Waals surface area contributed by atoms with E-state index >= 15 is 0 Å². The lowest BCUT2D eigenvalue weighted by Crippen LogP contribution is -2.32. The first-order chi connectivity index (χ1) is 16.0. The van der Waals surface area contributed by atoms with E-state index in [-0.39, 0.29) is 11.3 Å². The van der Waals surface area contributed by atoms with Gasteiger partial charge in [-0.3, -0.25) is 9.59 Å². The summed E-state index contributed by atoms with van der Waals surface area (Å²) in [5, 5.41) is 3.68. The van der Waals surface area contributed by atoms with Crippen LogP contribution in [0.1, 0.15) is 19.4 Å². The number of amides is 2. The van der Waals surface area contributed by atoms with E-state index < -0.39 is 11.8 Å². The monoisotopic (exact) mass is 462 g/mol. The molecule has 168 valence electrons. The van der Waals surface area contributed by atoms with Crippen LogP contribution in [0.3, 0.4) is 0 Å². The van der Waals surface area contributed by atoms with Gasteiger partial charge in [0.05, 0.1) is 24.5 Å². The van der Waals surface area contributed by atoms with Crippen LogP contribution in [0.25, 0.3) is 5.57 Å². The van der Waals surface area contributed by atoms with E-state index in [0.717, 1.165) is 10.6 Å². The van der Waals surface area contributed by atoms with Crippen LogP contribution in [0.4, 0.5) is 11.4 Å². The van der Waals surface area contributed by atoms with E-state index in [2.05, 4.69) is 5.32 Å². The molecule has 3 aromatic rings. The van der Waals surface area contributed by atoms with Crippen LogP contribution in [0, 0.1) is 0 Å². The minimum absolute atomic E-state index is 0.188. The number of benzene rings is 3. The molecule has 7 heteroatoms. The van der Waals surface area contributed by atoms with Crippen molar-refractivity contribution in [1.29, 1.82) is 0 Å². The Bertz CT molecular complexity index is 1200. The maximum Gasteiger partial charge on any atom is 0.282 e. The van der Waals surface area contributed by atoms with Gasteiger partial charge in [0.2, 0.25) is 0 Å². The number of ether oxygens (including phenoxy) is 2. The summed E-state index contributed by atoms with van der Waals surface area (Å²) in [5.74, 6) is 0.423. The first-order valence-electron chi connectivity index (χ1n) is 10.6. The first-order valence-corrected chi connectivity index (χ1v) is 11.0. The Hall–Kier alpha value is -3.77. The van der Waals surface area contributed by atoms with Crippen LogP contribution in [-0.2, 0) is 9.59 Å². The molecule has 0 atom stereocenters. The molecule has 0 unspecified atom stereocenters. The lowest BCUT2D eigenvalue weighted by molar-refractivity contribution is -0.120. The summed E-state index contributed by atoms with van der Waals surface area (Å²) in [5.41, 5.74) is 2.15. The number of hydrogen-bond donors (Lipinski definition) is 1. The van der Waals surface area contributed by atoms with Crippen LogP contribution >= 0.6 is 11.6 Å². The summed E-state index contributed by atoms with van der Waals surface area (Å²) in [7, 11) is 0. The summed E-state index contributed by atoms with van der Waals surface area (Å²) in [6.45, 7) is 4.82. The molecule has 1 aliphatic heterocycles. The highest BCUT2D eigenvalue weighted by Gasteiger charge is 2.40. The Morgan fingerprint density at radius 1 is 0.818 bits per heavy atom.